The van der Waals surface area contributed by atoms with Crippen molar-refractivity contribution in [1.82, 2.24) is 0 Å². The Labute approximate surface area is 130 Å². The quantitative estimate of drug-likeness (QED) is 0.681. The standard InChI is InChI=1S/C14H17BrF3NS/c1-9-7-19(8-10(2)20-9)12-4-3-11(6-15)13(5-12)14(16,17)18/h3-5,9-10H,6-8H2,1-2H3. The zero-order chi connectivity index (χ0) is 14.9. The Morgan fingerprint density at radius 2 is 1.85 bits per heavy atom. The topological polar surface area (TPSA) is 3.24 Å². The number of halogens is 4. The Balaban J connectivity index is 2.33. The highest BCUT2D eigenvalue weighted by molar-refractivity contribution is 9.08. The lowest BCUT2D eigenvalue weighted by Crippen LogP contribution is -2.40. The molecule has 0 saturated carbocycles. The number of anilines is 1. The summed E-state index contributed by atoms with van der Waals surface area (Å²) in [7, 11) is 0. The van der Waals surface area contributed by atoms with E-state index in [9.17, 15) is 13.2 Å². The minimum Gasteiger partial charge on any atom is -0.369 e. The molecule has 0 spiro atoms. The van der Waals surface area contributed by atoms with E-state index in [0.717, 1.165) is 13.1 Å². The van der Waals surface area contributed by atoms with Crippen LogP contribution in [0.1, 0.15) is 25.0 Å². The molecule has 0 amide bonds. The van der Waals surface area contributed by atoms with Crippen LogP contribution < -0.4 is 4.90 Å². The summed E-state index contributed by atoms with van der Waals surface area (Å²) in [6.07, 6.45) is -4.30. The van der Waals surface area contributed by atoms with Crippen LogP contribution in [0.25, 0.3) is 0 Å². The highest BCUT2D eigenvalue weighted by atomic mass is 79.9. The molecule has 6 heteroatoms. The number of thioether (sulfide) groups is 1. The molecule has 1 heterocycles. The number of rotatable bonds is 2. The zero-order valence-electron chi connectivity index (χ0n) is 11.4. The van der Waals surface area contributed by atoms with E-state index in [2.05, 4.69) is 34.7 Å². The summed E-state index contributed by atoms with van der Waals surface area (Å²) >= 11 is 5.01. The molecule has 1 aromatic carbocycles. The number of hydrogen-bond acceptors (Lipinski definition) is 2. The number of alkyl halides is 4. The van der Waals surface area contributed by atoms with Crippen molar-refractivity contribution in [3.8, 4) is 0 Å². The maximum Gasteiger partial charge on any atom is 0.416 e. The molecular weight excluding hydrogens is 351 g/mol. The molecule has 0 radical (unpaired) electrons. The van der Waals surface area contributed by atoms with Crippen molar-refractivity contribution in [2.24, 2.45) is 0 Å². The molecule has 1 fully saturated rings. The summed E-state index contributed by atoms with van der Waals surface area (Å²) in [5, 5.41) is 1.08. The van der Waals surface area contributed by atoms with Crippen molar-refractivity contribution in [1.29, 1.82) is 0 Å². The zero-order valence-corrected chi connectivity index (χ0v) is 13.8. The van der Waals surface area contributed by atoms with Gasteiger partial charge in [-0.2, -0.15) is 24.9 Å². The Kier molecular flexibility index (Phi) is 4.95. The number of nitrogens with zero attached hydrogens (tertiary/aromatic N) is 1. The highest BCUT2D eigenvalue weighted by Crippen LogP contribution is 2.37. The molecule has 1 aliphatic rings. The lowest BCUT2D eigenvalue weighted by Gasteiger charge is -2.36. The van der Waals surface area contributed by atoms with Gasteiger partial charge in [-0.25, -0.2) is 0 Å². The Bertz CT molecular complexity index is 468. The van der Waals surface area contributed by atoms with E-state index in [4.69, 9.17) is 0 Å². The first kappa shape index (κ1) is 16.0. The van der Waals surface area contributed by atoms with Gasteiger partial charge in [-0.1, -0.05) is 35.8 Å². The first-order valence-electron chi connectivity index (χ1n) is 6.47. The predicted molar refractivity (Wildman–Crippen MR) is 82.8 cm³/mol. The summed E-state index contributed by atoms with van der Waals surface area (Å²) in [6, 6.07) is 4.65. The Morgan fingerprint density at radius 1 is 1.25 bits per heavy atom. The molecule has 0 aliphatic carbocycles. The van der Waals surface area contributed by atoms with Crippen molar-refractivity contribution < 1.29 is 13.2 Å². The maximum atomic E-state index is 13.1. The summed E-state index contributed by atoms with van der Waals surface area (Å²) < 4.78 is 39.3. The van der Waals surface area contributed by atoms with Crippen LogP contribution in [0.5, 0.6) is 0 Å². The van der Waals surface area contributed by atoms with Gasteiger partial charge in [0.05, 0.1) is 5.56 Å². The smallest absolute Gasteiger partial charge is 0.369 e. The second kappa shape index (κ2) is 6.18. The molecule has 0 N–H and O–H groups in total. The van der Waals surface area contributed by atoms with Gasteiger partial charge in [0.1, 0.15) is 0 Å². The van der Waals surface area contributed by atoms with Crippen molar-refractivity contribution in [3.05, 3.63) is 29.3 Å². The van der Waals surface area contributed by atoms with Gasteiger partial charge in [-0.15, -0.1) is 0 Å². The normalized spacial score (nSPS) is 24.0. The predicted octanol–water partition coefficient (Wildman–Crippen LogP) is 4.93. The Hall–Kier alpha value is -0.360. The molecule has 1 nitrogen and oxygen atoms in total. The fraction of sp³-hybridized carbons (Fsp3) is 0.571. The second-order valence-electron chi connectivity index (χ2n) is 5.14. The van der Waals surface area contributed by atoms with E-state index < -0.39 is 11.7 Å². The molecule has 20 heavy (non-hydrogen) atoms. The third-order valence-electron chi connectivity index (χ3n) is 3.33. The van der Waals surface area contributed by atoms with Crippen LogP contribution >= 0.6 is 27.7 Å². The molecule has 112 valence electrons. The molecule has 1 aromatic rings. The fourth-order valence-corrected chi connectivity index (χ4v) is 4.34. The first-order chi connectivity index (χ1) is 9.31. The molecule has 2 unspecified atom stereocenters. The van der Waals surface area contributed by atoms with Crippen LogP contribution in [0.4, 0.5) is 18.9 Å². The van der Waals surface area contributed by atoms with E-state index in [1.165, 1.54) is 6.07 Å². The molecule has 0 aromatic heterocycles. The van der Waals surface area contributed by atoms with Gasteiger partial charge >= 0.3 is 6.18 Å². The third kappa shape index (κ3) is 3.64. The third-order valence-corrected chi connectivity index (χ3v) is 5.16. The minimum absolute atomic E-state index is 0.213. The molecule has 0 bridgehead atoms. The highest BCUT2D eigenvalue weighted by Gasteiger charge is 2.34. The van der Waals surface area contributed by atoms with Crippen molar-refractivity contribution in [2.45, 2.75) is 35.9 Å². The molecule has 2 atom stereocenters. The van der Waals surface area contributed by atoms with E-state index >= 15 is 0 Å². The van der Waals surface area contributed by atoms with Gasteiger partial charge in [-0.3, -0.25) is 0 Å². The second-order valence-corrected chi connectivity index (χ2v) is 7.58. The average Bonchev–Trinajstić information content (AvgIpc) is 2.35. The molecule has 1 saturated heterocycles. The van der Waals surface area contributed by atoms with Crippen LogP contribution in [0.3, 0.4) is 0 Å². The number of benzene rings is 1. The summed E-state index contributed by atoms with van der Waals surface area (Å²) in [4.78, 5) is 2.05. The maximum absolute atomic E-state index is 13.1. The monoisotopic (exact) mass is 367 g/mol. The SMILES string of the molecule is CC1CN(c2ccc(CBr)c(C(F)(F)F)c2)CC(C)S1. The first-order valence-corrected chi connectivity index (χ1v) is 8.54. The van der Waals surface area contributed by atoms with Gasteiger partial charge < -0.3 is 4.90 Å². The van der Waals surface area contributed by atoms with Crippen LogP contribution in [-0.2, 0) is 11.5 Å². The van der Waals surface area contributed by atoms with Gasteiger partial charge in [0.15, 0.2) is 0 Å². The van der Waals surface area contributed by atoms with E-state index in [-0.39, 0.29) is 10.9 Å². The van der Waals surface area contributed by atoms with Crippen molar-refractivity contribution in [2.75, 3.05) is 18.0 Å². The molecular formula is C14H17BrF3NS. The van der Waals surface area contributed by atoms with Crippen molar-refractivity contribution >= 4 is 33.4 Å². The van der Waals surface area contributed by atoms with Gasteiger partial charge in [0.2, 0.25) is 0 Å². The average molecular weight is 368 g/mol. The molecule has 1 aliphatic heterocycles. The van der Waals surface area contributed by atoms with E-state index in [1.54, 1.807) is 12.1 Å². The van der Waals surface area contributed by atoms with Crippen LogP contribution in [0.2, 0.25) is 0 Å². The summed E-state index contributed by atoms with van der Waals surface area (Å²) in [5.41, 5.74) is 0.417. The van der Waals surface area contributed by atoms with Gasteiger partial charge in [-0.05, 0) is 17.7 Å². The number of hydrogen-bond donors (Lipinski definition) is 0. The van der Waals surface area contributed by atoms with E-state index in [0.29, 0.717) is 16.2 Å². The Morgan fingerprint density at radius 3 is 2.35 bits per heavy atom. The summed E-state index contributed by atoms with van der Waals surface area (Å²) in [6.45, 7) is 5.82. The largest absolute Gasteiger partial charge is 0.416 e. The lowest BCUT2D eigenvalue weighted by molar-refractivity contribution is -0.138. The lowest BCUT2D eigenvalue weighted by atomic mass is 10.1. The molecule has 2 rings (SSSR count). The fourth-order valence-electron chi connectivity index (χ4n) is 2.53. The van der Waals surface area contributed by atoms with Crippen LogP contribution in [-0.4, -0.2) is 23.6 Å². The van der Waals surface area contributed by atoms with Gasteiger partial charge in [0, 0.05) is 34.6 Å². The van der Waals surface area contributed by atoms with Gasteiger partial charge in [0.25, 0.3) is 0 Å². The summed E-state index contributed by atoms with van der Waals surface area (Å²) in [5.74, 6) is 0. The van der Waals surface area contributed by atoms with Crippen molar-refractivity contribution in [3.63, 3.8) is 0 Å². The van der Waals surface area contributed by atoms with E-state index in [1.807, 2.05) is 11.8 Å². The minimum atomic E-state index is -4.30. The van der Waals surface area contributed by atoms with Crippen LogP contribution in [0, 0.1) is 0 Å². The van der Waals surface area contributed by atoms with Crippen LogP contribution in [0.15, 0.2) is 18.2 Å².